The Balaban J connectivity index is 1.26. The number of halogens is 3. The SMILES string of the molecule is Cc1cc(-n2ncc(C(O)c3cc4cc(OCC(F)F)c(N5CCC(S(C)(=O)=O)CC5)cc4[nH]3)c2N)ccc1Oc1ccccc1F. The van der Waals surface area contributed by atoms with E-state index >= 15 is 0 Å². The maximum Gasteiger partial charge on any atom is 0.272 e. The first-order valence-corrected chi connectivity index (χ1v) is 16.9. The van der Waals surface area contributed by atoms with Gasteiger partial charge in [0.1, 0.15) is 39.9 Å². The third-order valence-electron chi connectivity index (χ3n) is 8.36. The number of fused-ring (bicyclic) bond motifs is 1. The van der Waals surface area contributed by atoms with Gasteiger partial charge in [-0.2, -0.15) is 5.10 Å². The molecule has 6 rings (SSSR count). The molecule has 47 heavy (non-hydrogen) atoms. The number of para-hydroxylation sites is 1. The van der Waals surface area contributed by atoms with Crippen LogP contribution in [0.3, 0.4) is 0 Å². The summed E-state index contributed by atoms with van der Waals surface area (Å²) in [7, 11) is -3.19. The molecule has 1 aliphatic rings. The summed E-state index contributed by atoms with van der Waals surface area (Å²) in [5, 5.41) is 15.9. The maximum absolute atomic E-state index is 14.1. The van der Waals surface area contributed by atoms with Crippen LogP contribution < -0.4 is 20.1 Å². The third kappa shape index (κ3) is 6.74. The Hall–Kier alpha value is -4.69. The lowest BCUT2D eigenvalue weighted by Crippen LogP contribution is -2.39. The molecule has 248 valence electrons. The molecule has 0 spiro atoms. The molecule has 5 aromatic rings. The molecule has 1 aliphatic heterocycles. The number of nitrogens with one attached hydrogen (secondary N) is 1. The van der Waals surface area contributed by atoms with E-state index in [9.17, 15) is 26.7 Å². The summed E-state index contributed by atoms with van der Waals surface area (Å²) in [4.78, 5) is 5.13. The molecule has 1 atom stereocenters. The number of sulfone groups is 1. The number of nitrogens with two attached hydrogens (primary N) is 1. The predicted molar refractivity (Wildman–Crippen MR) is 173 cm³/mol. The molecule has 2 aromatic heterocycles. The first-order valence-electron chi connectivity index (χ1n) is 15.0. The number of piperidine rings is 1. The van der Waals surface area contributed by atoms with Gasteiger partial charge in [-0.3, -0.25) is 0 Å². The fourth-order valence-corrected chi connectivity index (χ4v) is 6.91. The fourth-order valence-electron chi connectivity index (χ4n) is 5.84. The smallest absolute Gasteiger partial charge is 0.272 e. The Labute approximate surface area is 269 Å². The van der Waals surface area contributed by atoms with Crippen LogP contribution in [0.2, 0.25) is 0 Å². The molecule has 3 heterocycles. The molecule has 0 aliphatic carbocycles. The molecular formula is C33H34F3N5O5S. The molecule has 0 radical (unpaired) electrons. The number of H-pyrrole nitrogens is 1. The van der Waals surface area contributed by atoms with E-state index < -0.39 is 40.0 Å². The molecule has 3 aromatic carbocycles. The average Bonchev–Trinajstić information content (AvgIpc) is 3.64. The molecule has 1 fully saturated rings. The second kappa shape index (κ2) is 12.8. The van der Waals surface area contributed by atoms with Crippen molar-refractivity contribution in [2.24, 2.45) is 0 Å². The van der Waals surface area contributed by atoms with Crippen molar-refractivity contribution in [2.45, 2.75) is 37.5 Å². The summed E-state index contributed by atoms with van der Waals surface area (Å²) in [6.07, 6.45) is -0.397. The number of hydrogen-bond acceptors (Lipinski definition) is 8. The fraction of sp³-hybridized carbons (Fsp3) is 0.303. The van der Waals surface area contributed by atoms with E-state index in [1.54, 1.807) is 55.5 Å². The number of alkyl halides is 2. The monoisotopic (exact) mass is 669 g/mol. The Bertz CT molecular complexity index is 2020. The highest BCUT2D eigenvalue weighted by Crippen LogP contribution is 2.38. The summed E-state index contributed by atoms with van der Waals surface area (Å²) in [6.45, 7) is 1.83. The van der Waals surface area contributed by atoms with Crippen molar-refractivity contribution >= 4 is 32.2 Å². The Morgan fingerprint density at radius 3 is 2.49 bits per heavy atom. The van der Waals surface area contributed by atoms with Gasteiger partial charge < -0.3 is 30.2 Å². The van der Waals surface area contributed by atoms with Crippen LogP contribution in [-0.2, 0) is 9.84 Å². The van der Waals surface area contributed by atoms with Gasteiger partial charge in [-0.05, 0) is 73.9 Å². The van der Waals surface area contributed by atoms with Crippen molar-refractivity contribution in [1.29, 1.82) is 0 Å². The lowest BCUT2D eigenvalue weighted by molar-refractivity contribution is 0.0821. The van der Waals surface area contributed by atoms with Crippen molar-refractivity contribution in [2.75, 3.05) is 36.6 Å². The first-order chi connectivity index (χ1) is 22.4. The summed E-state index contributed by atoms with van der Waals surface area (Å²) in [5.41, 5.74) is 9.67. The Kier molecular flexibility index (Phi) is 8.81. The van der Waals surface area contributed by atoms with E-state index in [4.69, 9.17) is 15.2 Å². The van der Waals surface area contributed by atoms with Gasteiger partial charge in [0.05, 0.1) is 22.8 Å². The highest BCUT2D eigenvalue weighted by atomic mass is 32.2. The minimum Gasteiger partial charge on any atom is -0.485 e. The van der Waals surface area contributed by atoms with Crippen LogP contribution in [0.5, 0.6) is 17.2 Å². The molecule has 0 saturated carbocycles. The number of ether oxygens (including phenoxy) is 2. The standard InChI is InChI=1S/C33H34F3N5O5S/c1-19-13-21(7-8-28(19)46-29-6-4-3-5-24(29)34)41-33(37)23(17-38-41)32(42)26-14-20-15-30(45-18-31(35)36)27(16-25(20)39-26)40-11-9-22(10-12-40)47(2,43)44/h3-8,13-17,22,31-32,39,42H,9-12,18,37H2,1-2H3. The number of nitrogens with zero attached hydrogens (tertiary/aromatic N) is 3. The zero-order valence-corrected chi connectivity index (χ0v) is 26.5. The largest absolute Gasteiger partial charge is 0.485 e. The van der Waals surface area contributed by atoms with Gasteiger partial charge >= 0.3 is 0 Å². The topological polar surface area (TPSA) is 136 Å². The van der Waals surface area contributed by atoms with Gasteiger partial charge in [0.15, 0.2) is 11.6 Å². The Morgan fingerprint density at radius 1 is 1.06 bits per heavy atom. The van der Waals surface area contributed by atoms with Crippen LogP contribution in [0.1, 0.15) is 35.8 Å². The van der Waals surface area contributed by atoms with E-state index in [2.05, 4.69) is 10.1 Å². The summed E-state index contributed by atoms with van der Waals surface area (Å²) >= 11 is 0. The van der Waals surface area contributed by atoms with Crippen LogP contribution >= 0.6 is 0 Å². The van der Waals surface area contributed by atoms with Crippen molar-refractivity contribution in [3.05, 3.63) is 89.5 Å². The second-order valence-electron chi connectivity index (χ2n) is 11.6. The zero-order chi connectivity index (χ0) is 33.5. The molecule has 1 unspecified atom stereocenters. The normalized spacial score (nSPS) is 15.0. The maximum atomic E-state index is 14.1. The highest BCUT2D eigenvalue weighted by Gasteiger charge is 2.29. The van der Waals surface area contributed by atoms with Gasteiger partial charge in [-0.25, -0.2) is 26.3 Å². The number of rotatable bonds is 10. The molecule has 10 nitrogen and oxygen atoms in total. The first kappa shape index (κ1) is 32.3. The quantitative estimate of drug-likeness (QED) is 0.167. The van der Waals surface area contributed by atoms with E-state index in [0.29, 0.717) is 70.8 Å². The van der Waals surface area contributed by atoms with Crippen molar-refractivity contribution in [1.82, 2.24) is 14.8 Å². The van der Waals surface area contributed by atoms with Crippen molar-refractivity contribution in [3.63, 3.8) is 0 Å². The number of anilines is 2. The minimum atomic E-state index is -3.19. The van der Waals surface area contributed by atoms with Crippen LogP contribution in [-0.4, -0.2) is 65.9 Å². The molecular weight excluding hydrogens is 635 g/mol. The summed E-state index contributed by atoms with van der Waals surface area (Å²) in [5.74, 6) is 0.501. The number of benzene rings is 3. The minimum absolute atomic E-state index is 0.0991. The van der Waals surface area contributed by atoms with Gasteiger partial charge in [0.25, 0.3) is 6.43 Å². The van der Waals surface area contributed by atoms with Gasteiger partial charge in [0.2, 0.25) is 0 Å². The number of hydrogen-bond donors (Lipinski definition) is 3. The summed E-state index contributed by atoms with van der Waals surface area (Å²) in [6, 6.07) is 16.4. The number of aliphatic hydroxyl groups excluding tert-OH is 1. The van der Waals surface area contributed by atoms with E-state index in [1.165, 1.54) is 29.3 Å². The van der Waals surface area contributed by atoms with Gasteiger partial charge in [0, 0.05) is 41.5 Å². The lowest BCUT2D eigenvalue weighted by atomic mass is 10.1. The van der Waals surface area contributed by atoms with E-state index in [1.807, 2.05) is 4.90 Å². The molecule has 4 N–H and O–H groups in total. The highest BCUT2D eigenvalue weighted by molar-refractivity contribution is 7.91. The predicted octanol–water partition coefficient (Wildman–Crippen LogP) is 5.91. The summed E-state index contributed by atoms with van der Waals surface area (Å²) < 4.78 is 77.1. The number of aliphatic hydroxyl groups is 1. The molecule has 1 saturated heterocycles. The zero-order valence-electron chi connectivity index (χ0n) is 25.7. The number of nitrogen functional groups attached to an aromatic ring is 1. The number of aromatic amines is 1. The van der Waals surface area contributed by atoms with Crippen LogP contribution in [0, 0.1) is 12.7 Å². The van der Waals surface area contributed by atoms with E-state index in [-0.39, 0.29) is 17.3 Å². The van der Waals surface area contributed by atoms with Crippen LogP contribution in [0.15, 0.2) is 66.9 Å². The van der Waals surface area contributed by atoms with Crippen LogP contribution in [0.4, 0.5) is 24.7 Å². The molecule has 0 amide bonds. The Morgan fingerprint density at radius 2 is 1.81 bits per heavy atom. The second-order valence-corrected chi connectivity index (χ2v) is 14.0. The van der Waals surface area contributed by atoms with Crippen molar-refractivity contribution < 1.29 is 36.2 Å². The number of aryl methyl sites for hydroxylation is 1. The average molecular weight is 670 g/mol. The van der Waals surface area contributed by atoms with Gasteiger partial charge in [-0.15, -0.1) is 0 Å². The number of aromatic nitrogens is 3. The van der Waals surface area contributed by atoms with E-state index in [0.717, 1.165) is 0 Å². The third-order valence-corrected chi connectivity index (χ3v) is 10.0. The van der Waals surface area contributed by atoms with Crippen molar-refractivity contribution in [3.8, 4) is 22.9 Å². The molecule has 14 heteroatoms. The van der Waals surface area contributed by atoms with Crippen LogP contribution in [0.25, 0.3) is 16.6 Å². The molecule has 0 bridgehead atoms. The lowest BCUT2D eigenvalue weighted by Gasteiger charge is -2.33. The van der Waals surface area contributed by atoms with Gasteiger partial charge in [-0.1, -0.05) is 12.1 Å².